The number of methoxy groups -OCH3 is 1. The molecular weight excluding hydrogens is 228 g/mol. The van der Waals surface area contributed by atoms with E-state index in [9.17, 15) is 5.11 Å². The normalized spacial score (nSPS) is 25.3. The second-order valence-corrected chi connectivity index (χ2v) is 4.97. The molecule has 2 rings (SSSR count). The smallest absolute Gasteiger partial charge is 0.120 e. The molecule has 0 aromatic heterocycles. The lowest BCUT2D eigenvalue weighted by Crippen LogP contribution is -2.59. The highest BCUT2D eigenvalue weighted by atomic mass is 16.5. The van der Waals surface area contributed by atoms with Crippen molar-refractivity contribution in [3.63, 3.8) is 0 Å². The lowest BCUT2D eigenvalue weighted by Gasteiger charge is -2.52. The Morgan fingerprint density at radius 2 is 1.72 bits per heavy atom. The average molecular weight is 250 g/mol. The van der Waals surface area contributed by atoms with Crippen LogP contribution < -0.4 is 9.47 Å². The Hall–Kier alpha value is -1.22. The molecule has 1 aromatic rings. The second-order valence-electron chi connectivity index (χ2n) is 4.97. The van der Waals surface area contributed by atoms with Gasteiger partial charge in [-0.15, -0.1) is 0 Å². The molecule has 0 spiro atoms. The fourth-order valence-corrected chi connectivity index (χ4v) is 2.89. The molecule has 0 saturated heterocycles. The van der Waals surface area contributed by atoms with Crippen molar-refractivity contribution in [2.45, 2.75) is 45.3 Å². The van der Waals surface area contributed by atoms with Gasteiger partial charge in [0.25, 0.3) is 0 Å². The minimum Gasteiger partial charge on any atom is -0.497 e. The summed E-state index contributed by atoms with van der Waals surface area (Å²) in [6, 6.07) is 7.62. The maximum Gasteiger partial charge on any atom is 0.120 e. The summed E-state index contributed by atoms with van der Waals surface area (Å²) in [5.74, 6) is 1.67. The third-order valence-electron chi connectivity index (χ3n) is 4.40. The van der Waals surface area contributed by atoms with E-state index in [-0.39, 0.29) is 17.6 Å². The number of rotatable bonds is 5. The van der Waals surface area contributed by atoms with E-state index in [1.165, 1.54) is 0 Å². The van der Waals surface area contributed by atoms with Crippen LogP contribution in [0, 0.1) is 5.41 Å². The SMILES string of the molecule is CCC1(CC)C(O)CC1Oc1ccc(OC)cc1. The second kappa shape index (κ2) is 5.19. The molecule has 0 amide bonds. The lowest BCUT2D eigenvalue weighted by atomic mass is 9.60. The van der Waals surface area contributed by atoms with Crippen molar-refractivity contribution in [3.05, 3.63) is 24.3 Å². The summed E-state index contributed by atoms with van der Waals surface area (Å²) >= 11 is 0. The summed E-state index contributed by atoms with van der Waals surface area (Å²) in [4.78, 5) is 0. The Kier molecular flexibility index (Phi) is 3.81. The lowest BCUT2D eigenvalue weighted by molar-refractivity contribution is -0.159. The molecule has 1 fully saturated rings. The van der Waals surface area contributed by atoms with Crippen LogP contribution in [0.15, 0.2) is 24.3 Å². The van der Waals surface area contributed by atoms with Gasteiger partial charge in [0.05, 0.1) is 13.2 Å². The number of aliphatic hydroxyl groups is 1. The molecule has 1 saturated carbocycles. The standard InChI is InChI=1S/C15H22O3/c1-4-15(5-2)13(16)10-14(15)18-12-8-6-11(17-3)7-9-12/h6-9,13-14,16H,4-5,10H2,1-3H3. The summed E-state index contributed by atoms with van der Waals surface area (Å²) in [6.45, 7) is 4.24. The van der Waals surface area contributed by atoms with Crippen molar-refractivity contribution in [1.82, 2.24) is 0 Å². The maximum atomic E-state index is 9.99. The van der Waals surface area contributed by atoms with Crippen LogP contribution in [0.4, 0.5) is 0 Å². The molecular formula is C15H22O3. The molecule has 3 nitrogen and oxygen atoms in total. The van der Waals surface area contributed by atoms with Gasteiger partial charge in [-0.2, -0.15) is 0 Å². The molecule has 3 heteroatoms. The fraction of sp³-hybridized carbons (Fsp3) is 0.600. The number of hydrogen-bond acceptors (Lipinski definition) is 3. The topological polar surface area (TPSA) is 38.7 Å². The Balaban J connectivity index is 2.05. The monoisotopic (exact) mass is 250 g/mol. The highest BCUT2D eigenvalue weighted by molar-refractivity contribution is 5.31. The van der Waals surface area contributed by atoms with Gasteiger partial charge in [0.15, 0.2) is 0 Å². The largest absolute Gasteiger partial charge is 0.497 e. The van der Waals surface area contributed by atoms with E-state index in [0.29, 0.717) is 0 Å². The van der Waals surface area contributed by atoms with Gasteiger partial charge in [-0.05, 0) is 37.1 Å². The van der Waals surface area contributed by atoms with Crippen LogP contribution in [0.3, 0.4) is 0 Å². The van der Waals surface area contributed by atoms with Crippen molar-refractivity contribution in [2.24, 2.45) is 5.41 Å². The number of benzene rings is 1. The molecule has 1 aliphatic rings. The van der Waals surface area contributed by atoms with Gasteiger partial charge in [-0.1, -0.05) is 13.8 Å². The van der Waals surface area contributed by atoms with Crippen molar-refractivity contribution < 1.29 is 14.6 Å². The van der Waals surface area contributed by atoms with E-state index >= 15 is 0 Å². The van der Waals surface area contributed by atoms with Crippen LogP contribution in [-0.4, -0.2) is 24.4 Å². The van der Waals surface area contributed by atoms with Crippen LogP contribution in [0.5, 0.6) is 11.5 Å². The van der Waals surface area contributed by atoms with Crippen molar-refractivity contribution >= 4 is 0 Å². The molecule has 2 atom stereocenters. The van der Waals surface area contributed by atoms with E-state index in [4.69, 9.17) is 9.47 Å². The molecule has 100 valence electrons. The summed E-state index contributed by atoms with van der Waals surface area (Å²) in [7, 11) is 1.65. The van der Waals surface area contributed by atoms with Gasteiger partial charge in [0.1, 0.15) is 17.6 Å². The van der Waals surface area contributed by atoms with Crippen LogP contribution in [-0.2, 0) is 0 Å². The molecule has 0 radical (unpaired) electrons. The first kappa shape index (κ1) is 13.2. The molecule has 1 N–H and O–H groups in total. The minimum atomic E-state index is -0.226. The molecule has 18 heavy (non-hydrogen) atoms. The highest BCUT2D eigenvalue weighted by Gasteiger charge is 2.53. The predicted octanol–water partition coefficient (Wildman–Crippen LogP) is 3.01. The van der Waals surface area contributed by atoms with E-state index in [2.05, 4.69) is 13.8 Å². The quantitative estimate of drug-likeness (QED) is 0.873. The summed E-state index contributed by atoms with van der Waals surface area (Å²) in [5.41, 5.74) is -0.0695. The Bertz CT molecular complexity index is 381. The van der Waals surface area contributed by atoms with Gasteiger partial charge < -0.3 is 14.6 Å². The zero-order chi connectivity index (χ0) is 13.2. The molecule has 0 heterocycles. The van der Waals surface area contributed by atoms with Crippen LogP contribution >= 0.6 is 0 Å². The zero-order valence-corrected chi connectivity index (χ0v) is 11.3. The van der Waals surface area contributed by atoms with E-state index < -0.39 is 0 Å². The molecule has 2 unspecified atom stereocenters. The Morgan fingerprint density at radius 1 is 1.17 bits per heavy atom. The number of aliphatic hydroxyl groups excluding tert-OH is 1. The minimum absolute atomic E-state index is 0.0695. The van der Waals surface area contributed by atoms with Crippen LogP contribution in [0.1, 0.15) is 33.1 Å². The molecule has 1 aromatic carbocycles. The number of ether oxygens (including phenoxy) is 2. The first-order valence-electron chi connectivity index (χ1n) is 6.65. The molecule has 0 aliphatic heterocycles. The van der Waals surface area contributed by atoms with E-state index in [1.54, 1.807) is 7.11 Å². The maximum absolute atomic E-state index is 9.99. The first-order valence-corrected chi connectivity index (χ1v) is 6.65. The Morgan fingerprint density at radius 3 is 2.17 bits per heavy atom. The predicted molar refractivity (Wildman–Crippen MR) is 71.0 cm³/mol. The van der Waals surface area contributed by atoms with E-state index in [1.807, 2.05) is 24.3 Å². The summed E-state index contributed by atoms with van der Waals surface area (Å²) in [5, 5.41) is 9.99. The van der Waals surface area contributed by atoms with Gasteiger partial charge in [0, 0.05) is 11.8 Å². The zero-order valence-electron chi connectivity index (χ0n) is 11.3. The number of hydrogen-bond donors (Lipinski definition) is 1. The third kappa shape index (κ3) is 2.07. The van der Waals surface area contributed by atoms with E-state index in [0.717, 1.165) is 30.8 Å². The average Bonchev–Trinajstić information content (AvgIpc) is 2.40. The van der Waals surface area contributed by atoms with Crippen molar-refractivity contribution in [3.8, 4) is 11.5 Å². The van der Waals surface area contributed by atoms with Gasteiger partial charge in [-0.25, -0.2) is 0 Å². The van der Waals surface area contributed by atoms with Crippen molar-refractivity contribution in [2.75, 3.05) is 7.11 Å². The summed E-state index contributed by atoms with van der Waals surface area (Å²) < 4.78 is 11.1. The highest BCUT2D eigenvalue weighted by Crippen LogP contribution is 2.48. The summed E-state index contributed by atoms with van der Waals surface area (Å²) in [6.07, 6.45) is 2.52. The van der Waals surface area contributed by atoms with Crippen LogP contribution in [0.25, 0.3) is 0 Å². The Labute approximate surface area is 109 Å². The molecule has 0 bridgehead atoms. The van der Waals surface area contributed by atoms with Crippen molar-refractivity contribution in [1.29, 1.82) is 0 Å². The first-order chi connectivity index (χ1) is 8.66. The molecule has 1 aliphatic carbocycles. The van der Waals surface area contributed by atoms with Gasteiger partial charge in [0.2, 0.25) is 0 Å². The van der Waals surface area contributed by atoms with Gasteiger partial charge in [-0.3, -0.25) is 0 Å². The third-order valence-corrected chi connectivity index (χ3v) is 4.40. The van der Waals surface area contributed by atoms with Crippen LogP contribution in [0.2, 0.25) is 0 Å². The van der Waals surface area contributed by atoms with Gasteiger partial charge >= 0.3 is 0 Å². The fourth-order valence-electron chi connectivity index (χ4n) is 2.89.